The third kappa shape index (κ3) is 9.71. The smallest absolute Gasteiger partial charge is 0.435 e. The van der Waals surface area contributed by atoms with Crippen LogP contribution in [0.3, 0.4) is 0 Å². The summed E-state index contributed by atoms with van der Waals surface area (Å²) in [6.07, 6.45) is 0.579. The Kier molecular flexibility index (Phi) is 8.89. The van der Waals surface area contributed by atoms with E-state index in [9.17, 15) is 18.0 Å². The fourth-order valence-electron chi connectivity index (χ4n) is 1.53. The summed E-state index contributed by atoms with van der Waals surface area (Å²) in [6, 6.07) is 0. The second kappa shape index (κ2) is 9.84. The molecular weight excluding hydrogens is 347 g/mol. The van der Waals surface area contributed by atoms with E-state index in [1.54, 1.807) is 32.9 Å². The number of carbonyl (C=O) groups excluding carboxylic acids is 1. The lowest BCUT2D eigenvalue weighted by atomic mass is 10.2. The van der Waals surface area contributed by atoms with E-state index in [-0.39, 0.29) is 11.6 Å². The minimum atomic E-state index is -4.86. The monoisotopic (exact) mass is 373 g/mol. The number of rotatable bonds is 6. The Bertz CT molecular complexity index is 623. The summed E-state index contributed by atoms with van der Waals surface area (Å²) in [5, 5.41) is 1.98. The molecule has 0 rings (SSSR count). The van der Waals surface area contributed by atoms with Crippen molar-refractivity contribution >= 4 is 11.8 Å². The summed E-state index contributed by atoms with van der Waals surface area (Å²) in [5.41, 5.74) is 2.26. The summed E-state index contributed by atoms with van der Waals surface area (Å²) in [5.74, 6) is 0.219. The van der Waals surface area contributed by atoms with Gasteiger partial charge in [0.2, 0.25) is 0 Å². The van der Waals surface area contributed by atoms with E-state index in [0.29, 0.717) is 6.20 Å². The van der Waals surface area contributed by atoms with Crippen molar-refractivity contribution in [2.75, 3.05) is 0 Å². The van der Waals surface area contributed by atoms with Gasteiger partial charge in [-0.15, -0.1) is 0 Å². The number of aliphatic imine (C=N–C) groups is 1. The third-order valence-corrected chi connectivity index (χ3v) is 2.54. The van der Waals surface area contributed by atoms with Crippen LogP contribution in [0.2, 0.25) is 0 Å². The second-order valence-corrected chi connectivity index (χ2v) is 6.59. The number of alkyl halides is 3. The van der Waals surface area contributed by atoms with Gasteiger partial charge in [-0.05, 0) is 38.8 Å². The van der Waals surface area contributed by atoms with Crippen LogP contribution in [0.25, 0.3) is 0 Å². The molecule has 0 aromatic rings. The normalized spacial score (nSPS) is 14.7. The van der Waals surface area contributed by atoms with Crippen molar-refractivity contribution in [3.05, 3.63) is 48.5 Å². The maximum Gasteiger partial charge on any atom is 0.435 e. The highest BCUT2D eigenvalue weighted by Gasteiger charge is 2.39. The van der Waals surface area contributed by atoms with Crippen molar-refractivity contribution in [3.63, 3.8) is 0 Å². The van der Waals surface area contributed by atoms with Crippen LogP contribution in [-0.4, -0.2) is 23.6 Å². The predicted molar refractivity (Wildman–Crippen MR) is 97.4 cm³/mol. The molecule has 1 amide bonds. The largest absolute Gasteiger partial charge is 0.444 e. The first-order valence-corrected chi connectivity index (χ1v) is 7.89. The van der Waals surface area contributed by atoms with Crippen molar-refractivity contribution in [2.45, 2.75) is 46.4 Å². The molecule has 0 spiro atoms. The molecule has 0 atom stereocenters. The molecule has 0 saturated carbocycles. The second-order valence-electron chi connectivity index (χ2n) is 6.59. The van der Waals surface area contributed by atoms with Crippen LogP contribution in [-0.2, 0) is 4.74 Å². The summed E-state index contributed by atoms with van der Waals surface area (Å²) < 4.78 is 45.1. The number of nitrogens with two attached hydrogens (primary N) is 1. The highest BCUT2D eigenvalue weighted by atomic mass is 19.4. The van der Waals surface area contributed by atoms with Crippen molar-refractivity contribution in [1.29, 1.82) is 0 Å². The van der Waals surface area contributed by atoms with Crippen LogP contribution in [0.5, 0.6) is 0 Å². The molecule has 0 aliphatic heterocycles. The van der Waals surface area contributed by atoms with Crippen LogP contribution >= 0.6 is 0 Å². The average Bonchev–Trinajstić information content (AvgIpc) is 2.45. The van der Waals surface area contributed by atoms with E-state index >= 15 is 0 Å². The Morgan fingerprint density at radius 2 is 1.85 bits per heavy atom. The number of hydrogen-bond acceptors (Lipinski definition) is 4. The van der Waals surface area contributed by atoms with Gasteiger partial charge >= 0.3 is 12.3 Å². The molecule has 0 bridgehead atoms. The van der Waals surface area contributed by atoms with Gasteiger partial charge in [-0.1, -0.05) is 32.6 Å². The number of alkyl carbamates (subject to hydrolysis) is 1. The maximum atomic E-state index is 13.4. The van der Waals surface area contributed by atoms with E-state index in [2.05, 4.69) is 11.6 Å². The molecule has 5 nitrogen and oxygen atoms in total. The Hall–Kier alpha value is -2.51. The molecule has 3 N–H and O–H groups in total. The molecule has 0 aromatic heterocycles. The number of nitrogens with zero attached hydrogens (tertiary/aromatic N) is 1. The minimum Gasteiger partial charge on any atom is -0.444 e. The van der Waals surface area contributed by atoms with Gasteiger partial charge in [-0.3, -0.25) is 5.32 Å². The molecule has 0 unspecified atom stereocenters. The summed E-state index contributed by atoms with van der Waals surface area (Å²) >= 11 is 0. The SMILES string of the molecule is C=C/C(=C\C=C/C(C)C)N=C(C(=CN)NC(=O)OC(C)(C)C)C(F)(F)F. The van der Waals surface area contributed by atoms with Gasteiger partial charge in [-0.25, -0.2) is 9.79 Å². The van der Waals surface area contributed by atoms with E-state index in [0.717, 1.165) is 6.08 Å². The Balaban J connectivity index is 5.78. The van der Waals surface area contributed by atoms with Gasteiger partial charge in [0.25, 0.3) is 0 Å². The number of hydrogen-bond donors (Lipinski definition) is 2. The minimum absolute atomic E-state index is 0.0421. The number of carbonyl (C=O) groups is 1. The van der Waals surface area contributed by atoms with Crippen LogP contribution in [0.4, 0.5) is 18.0 Å². The zero-order valence-corrected chi connectivity index (χ0v) is 15.6. The topological polar surface area (TPSA) is 76.7 Å². The van der Waals surface area contributed by atoms with Gasteiger partial charge in [0.15, 0.2) is 5.71 Å². The average molecular weight is 373 g/mol. The molecule has 0 aromatic carbocycles. The van der Waals surface area contributed by atoms with Gasteiger partial charge in [0, 0.05) is 6.20 Å². The van der Waals surface area contributed by atoms with E-state index in [1.807, 2.05) is 19.2 Å². The van der Waals surface area contributed by atoms with Crippen LogP contribution < -0.4 is 11.1 Å². The third-order valence-electron chi connectivity index (χ3n) is 2.54. The van der Waals surface area contributed by atoms with Crippen molar-refractivity contribution in [3.8, 4) is 0 Å². The number of nitrogens with one attached hydrogen (secondary N) is 1. The number of allylic oxidation sites excluding steroid dienone is 5. The summed E-state index contributed by atoms with van der Waals surface area (Å²) in [7, 11) is 0. The highest BCUT2D eigenvalue weighted by molar-refractivity contribution is 6.06. The number of amides is 1. The lowest BCUT2D eigenvalue weighted by Gasteiger charge is -2.21. The standard InChI is InChI=1S/C18H26F3N3O2/c1-7-13(10-8-9-12(2)3)23-15(18(19,20)21)14(11-22)24-16(25)26-17(4,5)6/h7-12H,1,22H2,2-6H3,(H,24,25)/b9-8-,13-10+,14-11?,23-15?. The molecule has 0 aliphatic rings. The molecule has 0 heterocycles. The fourth-order valence-corrected chi connectivity index (χ4v) is 1.53. The maximum absolute atomic E-state index is 13.4. The van der Waals surface area contributed by atoms with E-state index < -0.39 is 29.3 Å². The van der Waals surface area contributed by atoms with Crippen molar-refractivity contribution in [1.82, 2.24) is 5.32 Å². The number of halogens is 3. The van der Waals surface area contributed by atoms with Crippen molar-refractivity contribution in [2.24, 2.45) is 16.6 Å². The van der Waals surface area contributed by atoms with Crippen molar-refractivity contribution < 1.29 is 22.7 Å². The lowest BCUT2D eigenvalue weighted by Crippen LogP contribution is -2.38. The molecule has 0 saturated heterocycles. The van der Waals surface area contributed by atoms with Gasteiger partial charge in [0.1, 0.15) is 5.60 Å². The molecule has 0 fully saturated rings. The van der Waals surface area contributed by atoms with Crippen LogP contribution in [0.1, 0.15) is 34.6 Å². The quantitative estimate of drug-likeness (QED) is 0.528. The molecular formula is C18H26F3N3O2. The van der Waals surface area contributed by atoms with E-state index in [4.69, 9.17) is 10.5 Å². The zero-order chi connectivity index (χ0) is 20.5. The summed E-state index contributed by atoms with van der Waals surface area (Å²) in [6.45, 7) is 12.0. The van der Waals surface area contributed by atoms with Gasteiger partial charge in [-0.2, -0.15) is 13.2 Å². The first-order valence-electron chi connectivity index (χ1n) is 7.89. The molecule has 146 valence electrons. The Morgan fingerprint density at radius 3 is 2.23 bits per heavy atom. The molecule has 0 aliphatic carbocycles. The van der Waals surface area contributed by atoms with E-state index in [1.165, 1.54) is 6.08 Å². The van der Waals surface area contributed by atoms with Gasteiger partial charge in [0.05, 0.1) is 11.4 Å². The Morgan fingerprint density at radius 1 is 1.27 bits per heavy atom. The Labute approximate surface area is 152 Å². The first kappa shape index (κ1) is 23.5. The van der Waals surface area contributed by atoms with Crippen LogP contribution in [0.15, 0.2) is 53.5 Å². The number of ether oxygens (including phenoxy) is 1. The molecule has 8 heteroatoms. The lowest BCUT2D eigenvalue weighted by molar-refractivity contribution is -0.0585. The highest BCUT2D eigenvalue weighted by Crippen LogP contribution is 2.23. The van der Waals surface area contributed by atoms with Crippen LogP contribution in [0, 0.1) is 5.92 Å². The molecule has 26 heavy (non-hydrogen) atoms. The first-order chi connectivity index (χ1) is 11.8. The fraction of sp³-hybridized carbons (Fsp3) is 0.444. The molecule has 0 radical (unpaired) electrons. The predicted octanol–water partition coefficient (Wildman–Crippen LogP) is 4.60. The summed E-state index contributed by atoms with van der Waals surface area (Å²) in [4.78, 5) is 15.3. The van der Waals surface area contributed by atoms with Gasteiger partial charge < -0.3 is 10.5 Å². The zero-order valence-electron chi connectivity index (χ0n) is 15.6.